The zero-order valence-corrected chi connectivity index (χ0v) is 12.2. The van der Waals surface area contributed by atoms with E-state index in [4.69, 9.17) is 9.15 Å². The van der Waals surface area contributed by atoms with Crippen LogP contribution in [0.25, 0.3) is 11.0 Å². The highest BCUT2D eigenvalue weighted by Crippen LogP contribution is 2.43. The minimum absolute atomic E-state index is 0.0779. The molecule has 24 heavy (non-hydrogen) atoms. The molecular formula is C15H16O9. The lowest BCUT2D eigenvalue weighted by Gasteiger charge is -2.40. The summed E-state index contributed by atoms with van der Waals surface area (Å²) in [4.78, 5) is 11.9. The first-order valence-electron chi connectivity index (χ1n) is 7.13. The van der Waals surface area contributed by atoms with Crippen LogP contribution in [0.2, 0.25) is 0 Å². The van der Waals surface area contributed by atoms with Crippen molar-refractivity contribution in [3.63, 3.8) is 0 Å². The van der Waals surface area contributed by atoms with E-state index >= 15 is 0 Å². The second kappa shape index (κ2) is 6.04. The van der Waals surface area contributed by atoms with Crippen LogP contribution in [0.4, 0.5) is 0 Å². The fourth-order valence-corrected chi connectivity index (χ4v) is 2.85. The van der Waals surface area contributed by atoms with Gasteiger partial charge in [0, 0.05) is 12.1 Å². The van der Waals surface area contributed by atoms with Gasteiger partial charge in [-0.15, -0.1) is 0 Å². The normalized spacial score (nSPS) is 30.6. The second-order valence-corrected chi connectivity index (χ2v) is 5.57. The lowest BCUT2D eigenvalue weighted by Crippen LogP contribution is -2.55. The van der Waals surface area contributed by atoms with Gasteiger partial charge in [-0.1, -0.05) is 0 Å². The molecule has 0 radical (unpaired) electrons. The Morgan fingerprint density at radius 3 is 2.46 bits per heavy atom. The largest absolute Gasteiger partial charge is 0.507 e. The van der Waals surface area contributed by atoms with Crippen molar-refractivity contribution in [3.8, 4) is 11.5 Å². The first-order chi connectivity index (χ1) is 11.4. The Morgan fingerprint density at radius 1 is 1.08 bits per heavy atom. The number of hydrogen-bond acceptors (Lipinski definition) is 9. The maximum Gasteiger partial charge on any atom is 0.196 e. The minimum Gasteiger partial charge on any atom is -0.507 e. The smallest absolute Gasteiger partial charge is 0.196 e. The zero-order chi connectivity index (χ0) is 17.6. The lowest BCUT2D eigenvalue weighted by molar-refractivity contribution is -0.232. The van der Waals surface area contributed by atoms with Gasteiger partial charge in [-0.3, -0.25) is 4.79 Å². The van der Waals surface area contributed by atoms with Gasteiger partial charge in [-0.2, -0.15) is 0 Å². The molecule has 6 N–H and O–H groups in total. The number of hydrogen-bond donors (Lipinski definition) is 6. The number of aromatic hydroxyl groups is 2. The number of ether oxygens (including phenoxy) is 1. The van der Waals surface area contributed by atoms with E-state index in [-0.39, 0.29) is 16.5 Å². The fraction of sp³-hybridized carbons (Fsp3) is 0.400. The average Bonchev–Trinajstić information content (AvgIpc) is 2.54. The van der Waals surface area contributed by atoms with Crippen LogP contribution in [0.15, 0.2) is 27.6 Å². The first kappa shape index (κ1) is 16.7. The van der Waals surface area contributed by atoms with Gasteiger partial charge in [-0.25, -0.2) is 0 Å². The highest BCUT2D eigenvalue weighted by molar-refractivity contribution is 5.86. The average molecular weight is 340 g/mol. The summed E-state index contributed by atoms with van der Waals surface area (Å²) in [5.74, 6) is -1.22. The molecule has 5 atom stereocenters. The van der Waals surface area contributed by atoms with E-state index in [1.54, 1.807) is 0 Å². The fourth-order valence-electron chi connectivity index (χ4n) is 2.85. The van der Waals surface area contributed by atoms with E-state index < -0.39 is 54.1 Å². The van der Waals surface area contributed by atoms with Crippen molar-refractivity contribution >= 4 is 11.0 Å². The minimum atomic E-state index is -1.71. The predicted molar refractivity (Wildman–Crippen MR) is 78.5 cm³/mol. The van der Waals surface area contributed by atoms with Gasteiger partial charge in [0.15, 0.2) is 5.43 Å². The molecule has 3 rings (SSSR count). The van der Waals surface area contributed by atoms with E-state index in [1.165, 1.54) is 0 Å². The molecule has 0 unspecified atom stereocenters. The van der Waals surface area contributed by atoms with E-state index in [9.17, 15) is 35.4 Å². The Balaban J connectivity index is 2.18. The van der Waals surface area contributed by atoms with E-state index in [0.29, 0.717) is 0 Å². The van der Waals surface area contributed by atoms with E-state index in [0.717, 1.165) is 18.4 Å². The van der Waals surface area contributed by atoms with Crippen molar-refractivity contribution < 1.29 is 39.8 Å². The van der Waals surface area contributed by atoms with Crippen molar-refractivity contribution in [3.05, 3.63) is 34.2 Å². The van der Waals surface area contributed by atoms with E-state index in [1.807, 2.05) is 0 Å². The van der Waals surface area contributed by atoms with Crippen LogP contribution in [0, 0.1) is 0 Å². The van der Waals surface area contributed by atoms with Gasteiger partial charge in [0.1, 0.15) is 53.0 Å². The number of rotatable bonds is 2. The predicted octanol–water partition coefficient (Wildman–Crippen LogP) is -1.28. The van der Waals surface area contributed by atoms with Crippen molar-refractivity contribution in [2.75, 3.05) is 6.61 Å². The highest BCUT2D eigenvalue weighted by Gasteiger charge is 2.46. The van der Waals surface area contributed by atoms with Crippen LogP contribution >= 0.6 is 0 Å². The summed E-state index contributed by atoms with van der Waals surface area (Å²) in [5.41, 5.74) is -1.01. The number of aliphatic hydroxyl groups is 4. The number of fused-ring (bicyclic) bond motifs is 1. The van der Waals surface area contributed by atoms with Crippen molar-refractivity contribution in [2.24, 2.45) is 0 Å². The maximum absolute atomic E-state index is 11.9. The second-order valence-electron chi connectivity index (χ2n) is 5.57. The van der Waals surface area contributed by atoms with Gasteiger partial charge in [0.2, 0.25) is 0 Å². The highest BCUT2D eigenvalue weighted by atomic mass is 16.5. The molecular weight excluding hydrogens is 324 g/mol. The Morgan fingerprint density at radius 2 is 1.79 bits per heavy atom. The molecule has 9 nitrogen and oxygen atoms in total. The van der Waals surface area contributed by atoms with Crippen LogP contribution in [-0.2, 0) is 4.74 Å². The van der Waals surface area contributed by atoms with Gasteiger partial charge in [-0.05, 0) is 0 Å². The molecule has 0 aliphatic carbocycles. The number of aliphatic hydroxyl groups excluding tert-OH is 4. The summed E-state index contributed by atoms with van der Waals surface area (Å²) < 4.78 is 10.4. The molecule has 2 heterocycles. The lowest BCUT2D eigenvalue weighted by atomic mass is 9.89. The number of benzene rings is 1. The number of phenolic OH excluding ortho intramolecular Hbond substituents is 2. The first-order valence-corrected chi connectivity index (χ1v) is 7.13. The SMILES string of the molecule is O=c1ccoc2cc(O)c([C@@H]3O[C@@H](CO)[C@@H](O)[C@@H](O)[C@H]3O)c(O)c12. The molecule has 0 bridgehead atoms. The summed E-state index contributed by atoms with van der Waals surface area (Å²) in [6.07, 6.45) is -6.61. The van der Waals surface area contributed by atoms with Gasteiger partial charge >= 0.3 is 0 Å². The third-order valence-electron chi connectivity index (χ3n) is 4.12. The summed E-state index contributed by atoms with van der Waals surface area (Å²) in [5, 5.41) is 59.3. The molecule has 1 aromatic heterocycles. The monoisotopic (exact) mass is 340 g/mol. The summed E-state index contributed by atoms with van der Waals surface area (Å²) >= 11 is 0. The molecule has 130 valence electrons. The standard InChI is InChI=1S/C15H16O9/c16-4-8-11(19)13(21)14(22)15(24-8)10-6(18)3-7-9(12(10)20)5(17)1-2-23-7/h1-3,8,11,13-16,18-22H,4H2/t8-,11+,13+,14+,15-/m0/s1. The molecule has 1 saturated heterocycles. The van der Waals surface area contributed by atoms with Crippen molar-refractivity contribution in [1.29, 1.82) is 0 Å². The molecule has 0 amide bonds. The molecule has 1 aliphatic rings. The molecule has 0 spiro atoms. The van der Waals surface area contributed by atoms with Gasteiger partial charge in [0.25, 0.3) is 0 Å². The summed E-state index contributed by atoms with van der Waals surface area (Å²) in [6, 6.07) is 2.13. The van der Waals surface area contributed by atoms with Gasteiger partial charge in [0.05, 0.1) is 18.4 Å². The Hall–Kier alpha value is -2.17. The Bertz CT molecular complexity index is 812. The van der Waals surface area contributed by atoms with Crippen LogP contribution in [0.5, 0.6) is 11.5 Å². The molecule has 1 aromatic carbocycles. The maximum atomic E-state index is 11.9. The third-order valence-corrected chi connectivity index (χ3v) is 4.12. The van der Waals surface area contributed by atoms with Crippen LogP contribution in [-0.4, -0.2) is 61.7 Å². The Labute approximate surface area is 134 Å². The molecule has 0 saturated carbocycles. The summed E-state index contributed by atoms with van der Waals surface area (Å²) in [7, 11) is 0. The molecule has 1 aliphatic heterocycles. The van der Waals surface area contributed by atoms with Crippen molar-refractivity contribution in [2.45, 2.75) is 30.5 Å². The molecule has 1 fully saturated rings. The quantitative estimate of drug-likeness (QED) is 0.391. The topological polar surface area (TPSA) is 161 Å². The number of phenols is 2. The van der Waals surface area contributed by atoms with Crippen LogP contribution < -0.4 is 5.43 Å². The van der Waals surface area contributed by atoms with Crippen LogP contribution in [0.1, 0.15) is 11.7 Å². The zero-order valence-electron chi connectivity index (χ0n) is 12.2. The molecule has 2 aromatic rings. The van der Waals surface area contributed by atoms with Gasteiger partial charge < -0.3 is 39.8 Å². The van der Waals surface area contributed by atoms with Crippen molar-refractivity contribution in [1.82, 2.24) is 0 Å². The van der Waals surface area contributed by atoms with Crippen LogP contribution in [0.3, 0.4) is 0 Å². The van der Waals surface area contributed by atoms with E-state index in [2.05, 4.69) is 0 Å². The Kier molecular flexibility index (Phi) is 4.20. The summed E-state index contributed by atoms with van der Waals surface area (Å²) in [6.45, 7) is -0.668. The molecule has 9 heteroatoms. The third kappa shape index (κ3) is 2.43.